The summed E-state index contributed by atoms with van der Waals surface area (Å²) in [7, 11) is 3.15. The number of benzene rings is 2. The molecule has 24 heavy (non-hydrogen) atoms. The van der Waals surface area contributed by atoms with Crippen molar-refractivity contribution in [3.8, 4) is 17.2 Å². The van der Waals surface area contributed by atoms with Crippen molar-refractivity contribution in [2.24, 2.45) is 5.10 Å². The highest BCUT2D eigenvalue weighted by molar-refractivity contribution is 5.95. The number of carbonyl (C=O) groups excluding carboxylic acids is 1. The Kier molecular flexibility index (Phi) is 6.19. The molecule has 0 aliphatic rings. The summed E-state index contributed by atoms with van der Waals surface area (Å²) in [5.74, 6) is 1.72. The van der Waals surface area contributed by atoms with Gasteiger partial charge in [0.2, 0.25) is 0 Å². The Morgan fingerprint density at radius 1 is 1.08 bits per heavy atom. The maximum atomic E-state index is 12.1. The molecule has 0 aliphatic heterocycles. The minimum atomic E-state index is -0.309. The van der Waals surface area contributed by atoms with Gasteiger partial charge in [-0.1, -0.05) is 0 Å². The van der Waals surface area contributed by atoms with Crippen molar-refractivity contribution in [3.63, 3.8) is 0 Å². The second kappa shape index (κ2) is 8.57. The molecule has 6 nitrogen and oxygen atoms in total. The Balaban J connectivity index is 2.04. The lowest BCUT2D eigenvalue weighted by molar-refractivity contribution is 0.0955. The fourth-order valence-electron chi connectivity index (χ4n) is 2.03. The maximum Gasteiger partial charge on any atom is 0.271 e. The van der Waals surface area contributed by atoms with Crippen molar-refractivity contribution < 1.29 is 19.0 Å². The number of methoxy groups -OCH3 is 2. The molecule has 0 aliphatic carbocycles. The summed E-state index contributed by atoms with van der Waals surface area (Å²) in [6.45, 7) is 2.49. The standard InChI is InChI=1S/C18H20N2O4/c1-4-24-15-7-5-13(6-8-15)18(21)20-19-12-14-11-16(22-2)9-10-17(14)23-3/h5-12H,4H2,1-3H3,(H,20,21)/b19-12-. The number of carbonyl (C=O) groups is 1. The van der Waals surface area contributed by atoms with Crippen LogP contribution in [0.3, 0.4) is 0 Å². The number of ether oxygens (including phenoxy) is 3. The van der Waals surface area contributed by atoms with E-state index in [1.54, 1.807) is 56.7 Å². The van der Waals surface area contributed by atoms with Crippen LogP contribution in [-0.2, 0) is 0 Å². The lowest BCUT2D eigenvalue weighted by atomic mass is 10.2. The van der Waals surface area contributed by atoms with Gasteiger partial charge in [0.05, 0.1) is 27.0 Å². The molecule has 0 heterocycles. The summed E-state index contributed by atoms with van der Waals surface area (Å²) >= 11 is 0. The third-order valence-electron chi connectivity index (χ3n) is 3.23. The average Bonchev–Trinajstić information content (AvgIpc) is 2.62. The molecule has 0 aromatic heterocycles. The monoisotopic (exact) mass is 328 g/mol. The van der Waals surface area contributed by atoms with Gasteiger partial charge >= 0.3 is 0 Å². The Hall–Kier alpha value is -3.02. The van der Waals surface area contributed by atoms with E-state index in [4.69, 9.17) is 14.2 Å². The molecule has 6 heteroatoms. The molecular formula is C18H20N2O4. The molecule has 0 saturated heterocycles. The molecule has 0 atom stereocenters. The van der Waals surface area contributed by atoms with Crippen molar-refractivity contribution in [2.75, 3.05) is 20.8 Å². The van der Waals surface area contributed by atoms with Crippen LogP contribution in [0.15, 0.2) is 47.6 Å². The van der Waals surface area contributed by atoms with Gasteiger partial charge in [0.25, 0.3) is 5.91 Å². The lowest BCUT2D eigenvalue weighted by Crippen LogP contribution is -2.17. The van der Waals surface area contributed by atoms with Gasteiger partial charge in [-0.15, -0.1) is 0 Å². The molecule has 126 valence electrons. The molecule has 0 radical (unpaired) electrons. The van der Waals surface area contributed by atoms with Gasteiger partial charge in [0, 0.05) is 11.1 Å². The smallest absolute Gasteiger partial charge is 0.271 e. The first kappa shape index (κ1) is 17.3. The summed E-state index contributed by atoms with van der Waals surface area (Å²) in [6, 6.07) is 12.2. The minimum Gasteiger partial charge on any atom is -0.497 e. The van der Waals surface area contributed by atoms with Crippen molar-refractivity contribution in [1.29, 1.82) is 0 Å². The normalized spacial score (nSPS) is 10.5. The molecule has 0 fully saturated rings. The third-order valence-corrected chi connectivity index (χ3v) is 3.23. The molecule has 0 unspecified atom stereocenters. The highest BCUT2D eigenvalue weighted by Gasteiger charge is 2.05. The highest BCUT2D eigenvalue weighted by Crippen LogP contribution is 2.22. The molecule has 1 amide bonds. The predicted molar refractivity (Wildman–Crippen MR) is 92.2 cm³/mol. The first-order valence-electron chi connectivity index (χ1n) is 7.46. The number of rotatable bonds is 7. The number of nitrogens with one attached hydrogen (secondary N) is 1. The number of hydrogen-bond acceptors (Lipinski definition) is 5. The second-order valence-corrected chi connectivity index (χ2v) is 4.76. The summed E-state index contributed by atoms with van der Waals surface area (Å²) in [4.78, 5) is 12.1. The van der Waals surface area contributed by atoms with E-state index in [1.165, 1.54) is 6.21 Å². The van der Waals surface area contributed by atoms with Gasteiger partial charge in [0.1, 0.15) is 17.2 Å². The van der Waals surface area contributed by atoms with Gasteiger partial charge in [-0.3, -0.25) is 4.79 Å². The van der Waals surface area contributed by atoms with Crippen LogP contribution >= 0.6 is 0 Å². The van der Waals surface area contributed by atoms with E-state index in [0.29, 0.717) is 29.2 Å². The second-order valence-electron chi connectivity index (χ2n) is 4.76. The van der Waals surface area contributed by atoms with Crippen LogP contribution in [0.2, 0.25) is 0 Å². The first-order chi connectivity index (χ1) is 11.7. The summed E-state index contributed by atoms with van der Waals surface area (Å²) in [6.07, 6.45) is 1.51. The van der Waals surface area contributed by atoms with Gasteiger partial charge in [-0.05, 0) is 49.4 Å². The predicted octanol–water partition coefficient (Wildman–Crippen LogP) is 2.87. The SMILES string of the molecule is CCOc1ccc(C(=O)N/N=C\c2cc(OC)ccc2OC)cc1. The number of hydrogen-bond donors (Lipinski definition) is 1. The maximum absolute atomic E-state index is 12.1. The summed E-state index contributed by atoms with van der Waals surface area (Å²) in [5.41, 5.74) is 3.67. The Morgan fingerprint density at radius 3 is 2.42 bits per heavy atom. The van der Waals surface area contributed by atoms with Gasteiger partial charge in [-0.2, -0.15) is 5.10 Å². The van der Waals surface area contributed by atoms with Gasteiger partial charge < -0.3 is 14.2 Å². The quantitative estimate of drug-likeness (QED) is 0.627. The van der Waals surface area contributed by atoms with E-state index >= 15 is 0 Å². The zero-order valence-corrected chi connectivity index (χ0v) is 13.9. The molecular weight excluding hydrogens is 308 g/mol. The van der Waals surface area contributed by atoms with Gasteiger partial charge in [-0.25, -0.2) is 5.43 Å². The van der Waals surface area contributed by atoms with Gasteiger partial charge in [0.15, 0.2) is 0 Å². The third kappa shape index (κ3) is 4.49. The molecule has 0 spiro atoms. The van der Waals surface area contributed by atoms with Crippen LogP contribution in [0, 0.1) is 0 Å². The fraction of sp³-hybridized carbons (Fsp3) is 0.222. The van der Waals surface area contributed by atoms with E-state index in [2.05, 4.69) is 10.5 Å². The molecule has 0 saturated carbocycles. The zero-order valence-electron chi connectivity index (χ0n) is 13.9. The molecule has 2 rings (SSSR count). The largest absolute Gasteiger partial charge is 0.497 e. The van der Waals surface area contributed by atoms with Crippen molar-refractivity contribution in [3.05, 3.63) is 53.6 Å². The molecule has 2 aromatic carbocycles. The highest BCUT2D eigenvalue weighted by atomic mass is 16.5. The van der Waals surface area contributed by atoms with E-state index < -0.39 is 0 Å². The average molecular weight is 328 g/mol. The van der Waals surface area contributed by atoms with Crippen LogP contribution in [0.5, 0.6) is 17.2 Å². The zero-order chi connectivity index (χ0) is 17.4. The van der Waals surface area contributed by atoms with Crippen molar-refractivity contribution in [2.45, 2.75) is 6.92 Å². The molecule has 2 aromatic rings. The van der Waals surface area contributed by atoms with Crippen molar-refractivity contribution >= 4 is 12.1 Å². The minimum absolute atomic E-state index is 0.309. The van der Waals surface area contributed by atoms with E-state index in [0.717, 1.165) is 5.75 Å². The first-order valence-corrected chi connectivity index (χ1v) is 7.46. The lowest BCUT2D eigenvalue weighted by Gasteiger charge is -2.07. The topological polar surface area (TPSA) is 69.2 Å². The number of amides is 1. The van der Waals surface area contributed by atoms with E-state index in [1.807, 2.05) is 6.92 Å². The molecule has 0 bridgehead atoms. The number of nitrogens with zero attached hydrogens (tertiary/aromatic N) is 1. The van der Waals surface area contributed by atoms with Crippen LogP contribution in [0.4, 0.5) is 0 Å². The fourth-order valence-corrected chi connectivity index (χ4v) is 2.03. The summed E-state index contributed by atoms with van der Waals surface area (Å²) in [5, 5.41) is 3.97. The van der Waals surface area contributed by atoms with E-state index in [9.17, 15) is 4.79 Å². The van der Waals surface area contributed by atoms with Crippen LogP contribution < -0.4 is 19.6 Å². The van der Waals surface area contributed by atoms with Crippen LogP contribution in [0.25, 0.3) is 0 Å². The summed E-state index contributed by atoms with van der Waals surface area (Å²) < 4.78 is 15.8. The van der Waals surface area contributed by atoms with Crippen LogP contribution in [0.1, 0.15) is 22.8 Å². The Morgan fingerprint density at radius 2 is 1.79 bits per heavy atom. The Labute approximate surface area is 141 Å². The Bertz CT molecular complexity index is 711. The number of hydrazone groups is 1. The molecule has 1 N–H and O–H groups in total. The van der Waals surface area contributed by atoms with Crippen molar-refractivity contribution in [1.82, 2.24) is 5.43 Å². The van der Waals surface area contributed by atoms with Crippen LogP contribution in [-0.4, -0.2) is 32.9 Å². The van der Waals surface area contributed by atoms with E-state index in [-0.39, 0.29) is 5.91 Å².